The van der Waals surface area contributed by atoms with E-state index in [1.54, 1.807) is 18.0 Å². The first-order valence-corrected chi connectivity index (χ1v) is 7.13. The van der Waals surface area contributed by atoms with E-state index < -0.39 is 0 Å². The van der Waals surface area contributed by atoms with E-state index in [9.17, 15) is 4.79 Å². The molecular weight excluding hydrogens is 272 g/mol. The molecule has 0 fully saturated rings. The number of benzene rings is 1. The van der Waals surface area contributed by atoms with Gasteiger partial charge in [-0.2, -0.15) is 0 Å². The molecule has 0 aliphatic heterocycles. The first kappa shape index (κ1) is 12.9. The fraction of sp³-hybridized carbons (Fsp3) is 0.200. The Labute approximate surface area is 120 Å². The first-order chi connectivity index (χ1) is 9.69. The molecule has 3 aromatic rings. The van der Waals surface area contributed by atoms with E-state index in [-0.39, 0.29) is 5.56 Å². The largest absolute Gasteiger partial charge is 0.497 e. The number of hydrogen-bond acceptors (Lipinski definition) is 4. The van der Waals surface area contributed by atoms with Crippen molar-refractivity contribution in [3.63, 3.8) is 0 Å². The predicted molar refractivity (Wildman–Crippen MR) is 80.7 cm³/mol. The molecule has 0 saturated carbocycles. The second-order valence-electron chi connectivity index (χ2n) is 4.62. The maximum Gasteiger partial charge on any atom is 0.271 e. The summed E-state index contributed by atoms with van der Waals surface area (Å²) in [5, 5.41) is 1.97. The Bertz CT molecular complexity index is 803. The highest BCUT2D eigenvalue weighted by molar-refractivity contribution is 7.17. The van der Waals surface area contributed by atoms with Crippen molar-refractivity contribution >= 4 is 21.6 Å². The Hall–Kier alpha value is -2.14. The third kappa shape index (κ3) is 2.20. The van der Waals surface area contributed by atoms with Gasteiger partial charge in [0.1, 0.15) is 10.4 Å². The number of nitrogens with zero attached hydrogens (tertiary/aromatic N) is 2. The summed E-state index contributed by atoms with van der Waals surface area (Å²) in [4.78, 5) is 16.8. The van der Waals surface area contributed by atoms with Crippen molar-refractivity contribution in [2.75, 3.05) is 7.11 Å². The average Bonchev–Trinajstić information content (AvgIpc) is 2.85. The van der Waals surface area contributed by atoms with Gasteiger partial charge in [0.05, 0.1) is 25.5 Å². The average molecular weight is 286 g/mol. The second-order valence-corrected chi connectivity index (χ2v) is 5.50. The molecule has 1 aromatic carbocycles. The molecule has 2 aromatic heterocycles. The van der Waals surface area contributed by atoms with Crippen molar-refractivity contribution in [2.45, 2.75) is 13.5 Å². The highest BCUT2D eigenvalue weighted by Gasteiger charge is 2.08. The molecule has 0 spiro atoms. The Kier molecular flexibility index (Phi) is 3.28. The van der Waals surface area contributed by atoms with Gasteiger partial charge in [-0.05, 0) is 35.6 Å². The molecular formula is C15H14N2O2S. The molecule has 0 saturated heterocycles. The van der Waals surface area contributed by atoms with Gasteiger partial charge in [-0.15, -0.1) is 11.3 Å². The summed E-state index contributed by atoms with van der Waals surface area (Å²) in [5.41, 5.74) is 2.93. The van der Waals surface area contributed by atoms with Crippen LogP contribution in [-0.4, -0.2) is 16.7 Å². The lowest BCUT2D eigenvalue weighted by Crippen LogP contribution is -2.20. The first-order valence-electron chi connectivity index (χ1n) is 6.25. The highest BCUT2D eigenvalue weighted by Crippen LogP contribution is 2.19. The molecule has 5 heteroatoms. The molecule has 0 N–H and O–H groups in total. The van der Waals surface area contributed by atoms with Crippen molar-refractivity contribution in [1.29, 1.82) is 0 Å². The molecule has 0 unspecified atom stereocenters. The normalized spacial score (nSPS) is 10.9. The van der Waals surface area contributed by atoms with E-state index in [4.69, 9.17) is 4.74 Å². The lowest BCUT2D eigenvalue weighted by molar-refractivity contribution is 0.414. The van der Waals surface area contributed by atoms with Gasteiger partial charge in [0.2, 0.25) is 0 Å². The van der Waals surface area contributed by atoms with Gasteiger partial charge < -0.3 is 4.74 Å². The summed E-state index contributed by atoms with van der Waals surface area (Å²) >= 11 is 1.46. The fourth-order valence-corrected chi connectivity index (χ4v) is 3.05. The van der Waals surface area contributed by atoms with Crippen LogP contribution in [0.3, 0.4) is 0 Å². The number of thiophene rings is 1. The molecule has 0 radical (unpaired) electrons. The van der Waals surface area contributed by atoms with Crippen LogP contribution in [0.4, 0.5) is 0 Å². The maximum absolute atomic E-state index is 12.4. The Morgan fingerprint density at radius 2 is 2.05 bits per heavy atom. The van der Waals surface area contributed by atoms with E-state index in [1.807, 2.05) is 36.6 Å². The van der Waals surface area contributed by atoms with Crippen LogP contribution in [0.2, 0.25) is 0 Å². The van der Waals surface area contributed by atoms with E-state index in [0.29, 0.717) is 6.54 Å². The molecule has 2 heterocycles. The Balaban J connectivity index is 1.97. The Morgan fingerprint density at radius 1 is 1.30 bits per heavy atom. The lowest BCUT2D eigenvalue weighted by Gasteiger charge is -2.06. The van der Waals surface area contributed by atoms with Crippen molar-refractivity contribution < 1.29 is 4.74 Å². The molecule has 4 nitrogen and oxygen atoms in total. The smallest absolute Gasteiger partial charge is 0.271 e. The van der Waals surface area contributed by atoms with Crippen LogP contribution in [0.5, 0.6) is 5.75 Å². The van der Waals surface area contributed by atoms with Gasteiger partial charge in [-0.25, -0.2) is 4.98 Å². The van der Waals surface area contributed by atoms with E-state index in [1.165, 1.54) is 11.3 Å². The summed E-state index contributed by atoms with van der Waals surface area (Å²) in [5.74, 6) is 0.809. The lowest BCUT2D eigenvalue weighted by atomic mass is 10.2. The zero-order valence-corrected chi connectivity index (χ0v) is 12.1. The standard InChI is InChI=1S/C15H14N2O2S/c1-10-8-20-14-13(10)16-9-17(15(14)18)7-11-3-5-12(19-2)6-4-11/h3-6,8-9H,7H2,1-2H3. The number of hydrogen-bond donors (Lipinski definition) is 0. The predicted octanol–water partition coefficient (Wildman–Crippen LogP) is 2.82. The molecule has 0 aliphatic rings. The summed E-state index contributed by atoms with van der Waals surface area (Å²) in [6.45, 7) is 2.49. The molecule has 3 rings (SSSR count). The van der Waals surface area contributed by atoms with E-state index >= 15 is 0 Å². The van der Waals surface area contributed by atoms with Crippen LogP contribution < -0.4 is 10.3 Å². The topological polar surface area (TPSA) is 44.1 Å². The van der Waals surface area contributed by atoms with Gasteiger partial charge in [0.15, 0.2) is 0 Å². The van der Waals surface area contributed by atoms with Crippen LogP contribution in [0, 0.1) is 6.92 Å². The molecule has 0 aliphatic carbocycles. The van der Waals surface area contributed by atoms with Crippen molar-refractivity contribution in [3.8, 4) is 5.75 Å². The van der Waals surface area contributed by atoms with Gasteiger partial charge >= 0.3 is 0 Å². The third-order valence-corrected chi connectivity index (χ3v) is 4.31. The number of methoxy groups -OCH3 is 1. The van der Waals surface area contributed by atoms with E-state index in [2.05, 4.69) is 4.98 Å². The second kappa shape index (κ2) is 5.09. The zero-order chi connectivity index (χ0) is 14.1. The third-order valence-electron chi connectivity index (χ3n) is 3.24. The summed E-state index contributed by atoms with van der Waals surface area (Å²) in [6.07, 6.45) is 1.62. The summed E-state index contributed by atoms with van der Waals surface area (Å²) < 4.78 is 7.48. The molecule has 20 heavy (non-hydrogen) atoms. The molecule has 102 valence electrons. The zero-order valence-electron chi connectivity index (χ0n) is 11.3. The molecule has 0 bridgehead atoms. The minimum absolute atomic E-state index is 0.0175. The van der Waals surface area contributed by atoms with Crippen LogP contribution in [-0.2, 0) is 6.54 Å². The molecule has 0 amide bonds. The van der Waals surface area contributed by atoms with Crippen LogP contribution in [0.15, 0.2) is 40.8 Å². The quantitative estimate of drug-likeness (QED) is 0.743. The van der Waals surface area contributed by atoms with Crippen molar-refractivity contribution in [1.82, 2.24) is 9.55 Å². The minimum atomic E-state index is 0.0175. The van der Waals surface area contributed by atoms with Crippen LogP contribution in [0.25, 0.3) is 10.2 Å². The van der Waals surface area contributed by atoms with Gasteiger partial charge in [0, 0.05) is 0 Å². The Morgan fingerprint density at radius 3 is 2.75 bits per heavy atom. The minimum Gasteiger partial charge on any atom is -0.497 e. The van der Waals surface area contributed by atoms with E-state index in [0.717, 1.165) is 27.1 Å². The SMILES string of the molecule is COc1ccc(Cn2cnc3c(C)csc3c2=O)cc1. The maximum atomic E-state index is 12.4. The number of aryl methyl sites for hydroxylation is 1. The van der Waals surface area contributed by atoms with Crippen LogP contribution >= 0.6 is 11.3 Å². The molecule has 0 atom stereocenters. The summed E-state index contributed by atoms with van der Waals surface area (Å²) in [6, 6.07) is 7.69. The number of ether oxygens (including phenoxy) is 1. The highest BCUT2D eigenvalue weighted by atomic mass is 32.1. The van der Waals surface area contributed by atoms with Gasteiger partial charge in [-0.3, -0.25) is 9.36 Å². The number of fused-ring (bicyclic) bond motifs is 1. The number of aromatic nitrogens is 2. The van der Waals surface area contributed by atoms with Crippen molar-refractivity contribution in [3.05, 3.63) is 57.5 Å². The fourth-order valence-electron chi connectivity index (χ4n) is 2.10. The number of rotatable bonds is 3. The monoisotopic (exact) mass is 286 g/mol. The van der Waals surface area contributed by atoms with Gasteiger partial charge in [-0.1, -0.05) is 12.1 Å². The summed E-state index contributed by atoms with van der Waals surface area (Å²) in [7, 11) is 1.64. The van der Waals surface area contributed by atoms with Gasteiger partial charge in [0.25, 0.3) is 5.56 Å². The van der Waals surface area contributed by atoms with Crippen LogP contribution in [0.1, 0.15) is 11.1 Å². The van der Waals surface area contributed by atoms with Crippen molar-refractivity contribution in [2.24, 2.45) is 0 Å².